The minimum atomic E-state index is -4.61. The van der Waals surface area contributed by atoms with Gasteiger partial charge in [-0.1, -0.05) is 142 Å². The van der Waals surface area contributed by atoms with Crippen LogP contribution in [-0.2, 0) is 32.7 Å². The van der Waals surface area contributed by atoms with Gasteiger partial charge < -0.3 is 27.9 Å². The van der Waals surface area contributed by atoms with E-state index < -0.39 is 26.5 Å². The molecule has 0 heterocycles. The number of ether oxygens (including phenoxy) is 2. The third-order valence-electron chi connectivity index (χ3n) is 8.54. The number of nitrogens with zero attached hydrogens (tertiary/aromatic N) is 1. The Labute approximate surface area is 301 Å². The Hall–Kier alpha value is -1.25. The van der Waals surface area contributed by atoms with E-state index in [0.29, 0.717) is 17.4 Å². The van der Waals surface area contributed by atoms with Crippen LogP contribution in [0.25, 0.3) is 0 Å². The lowest BCUT2D eigenvalue weighted by Crippen LogP contribution is -2.37. The highest BCUT2D eigenvalue weighted by Crippen LogP contribution is 2.38. The number of carbonyl (C=O) groups is 2. The Kier molecular flexibility index (Phi) is 31.8. The molecule has 0 rings (SSSR count). The van der Waals surface area contributed by atoms with E-state index in [1.807, 2.05) is 21.1 Å². The zero-order valence-electron chi connectivity index (χ0n) is 32.4. The molecule has 290 valence electrons. The molecule has 0 spiro atoms. The molecule has 0 N–H and O–H groups in total. The zero-order chi connectivity index (χ0) is 36.5. The molecule has 0 aliphatic carbocycles. The molecule has 0 fully saturated rings. The van der Waals surface area contributed by atoms with Gasteiger partial charge in [0.1, 0.15) is 19.8 Å². The van der Waals surface area contributed by atoms with Gasteiger partial charge in [-0.2, -0.15) is 0 Å². The largest absolute Gasteiger partial charge is 0.756 e. The lowest BCUT2D eigenvalue weighted by atomic mass is 10.0. The Morgan fingerprint density at radius 2 is 1.06 bits per heavy atom. The van der Waals surface area contributed by atoms with Crippen molar-refractivity contribution in [1.29, 1.82) is 0 Å². The molecule has 0 aromatic heterocycles. The van der Waals surface area contributed by atoms with Crippen molar-refractivity contribution in [2.45, 2.75) is 180 Å². The molecular weight excluding hydrogens is 641 g/mol. The summed E-state index contributed by atoms with van der Waals surface area (Å²) < 4.78 is 33.7. The average Bonchev–Trinajstić information content (AvgIpc) is 3.04. The van der Waals surface area contributed by atoms with Gasteiger partial charge in [0.05, 0.1) is 27.7 Å². The normalized spacial score (nSPS) is 13.8. The topological polar surface area (TPSA) is 111 Å². The summed E-state index contributed by atoms with van der Waals surface area (Å²) in [4.78, 5) is 37.3. The smallest absolute Gasteiger partial charge is 0.306 e. The SMILES string of the molecule is CCCC/C=C/CCCCCCCC(=O)O[C@H](COC(=O)CCCCCCCCCCCCCCCC)COP(=O)([O-])OCC[N+](C)(C)C. The van der Waals surface area contributed by atoms with E-state index in [2.05, 4.69) is 26.0 Å². The summed E-state index contributed by atoms with van der Waals surface area (Å²) in [5.74, 6) is -0.841. The molecule has 2 atom stereocenters. The summed E-state index contributed by atoms with van der Waals surface area (Å²) in [6.45, 7) is 4.18. The van der Waals surface area contributed by atoms with Crippen LogP contribution in [0.15, 0.2) is 12.2 Å². The summed E-state index contributed by atoms with van der Waals surface area (Å²) in [7, 11) is 1.17. The second-order valence-electron chi connectivity index (χ2n) is 14.7. The monoisotopic (exact) mass is 718 g/mol. The standard InChI is InChI=1S/C39H76NO8P/c1-6-8-10-12-14-16-18-19-20-22-23-25-27-29-31-38(41)45-35-37(36-47-49(43,44)46-34-33-40(3,4)5)48-39(42)32-30-28-26-24-21-17-15-13-11-9-7-2/h13,15,37H,6-12,14,16-36H2,1-5H3/b15-13+/t37-/m1/s1. The second kappa shape index (κ2) is 32.6. The maximum atomic E-state index is 12.6. The van der Waals surface area contributed by atoms with Crippen molar-refractivity contribution in [3.63, 3.8) is 0 Å². The molecule has 0 amide bonds. The molecule has 0 saturated carbocycles. The molecule has 0 aliphatic rings. The van der Waals surface area contributed by atoms with Crippen LogP contribution >= 0.6 is 7.82 Å². The predicted molar refractivity (Wildman–Crippen MR) is 199 cm³/mol. The molecule has 0 radical (unpaired) electrons. The number of phosphoric acid groups is 1. The van der Waals surface area contributed by atoms with Crippen molar-refractivity contribution >= 4 is 19.8 Å². The molecule has 0 aromatic carbocycles. The molecule has 10 heteroatoms. The number of esters is 2. The number of allylic oxidation sites excluding steroid dienone is 2. The van der Waals surface area contributed by atoms with Gasteiger partial charge in [0.25, 0.3) is 7.82 Å². The van der Waals surface area contributed by atoms with Crippen LogP contribution < -0.4 is 4.89 Å². The van der Waals surface area contributed by atoms with E-state index in [1.54, 1.807) is 0 Å². The second-order valence-corrected chi connectivity index (χ2v) is 16.1. The lowest BCUT2D eigenvalue weighted by molar-refractivity contribution is -0.870. The van der Waals surface area contributed by atoms with Crippen molar-refractivity contribution in [1.82, 2.24) is 0 Å². The average molecular weight is 718 g/mol. The number of carbonyl (C=O) groups excluding carboxylic acids is 2. The van der Waals surface area contributed by atoms with Crippen LogP contribution in [0.2, 0.25) is 0 Å². The van der Waals surface area contributed by atoms with Crippen LogP contribution in [0.4, 0.5) is 0 Å². The number of rotatable bonds is 36. The number of hydrogen-bond acceptors (Lipinski definition) is 8. The molecule has 1 unspecified atom stereocenters. The van der Waals surface area contributed by atoms with E-state index in [1.165, 1.54) is 83.5 Å². The zero-order valence-corrected chi connectivity index (χ0v) is 33.3. The fourth-order valence-corrected chi connectivity index (χ4v) is 6.07. The number of phosphoric ester groups is 1. The van der Waals surface area contributed by atoms with Gasteiger partial charge in [0.15, 0.2) is 6.10 Å². The minimum absolute atomic E-state index is 0.0297. The van der Waals surface area contributed by atoms with E-state index in [9.17, 15) is 19.0 Å². The van der Waals surface area contributed by atoms with E-state index in [0.717, 1.165) is 57.8 Å². The molecule has 49 heavy (non-hydrogen) atoms. The van der Waals surface area contributed by atoms with Gasteiger partial charge in [-0.15, -0.1) is 0 Å². The summed E-state index contributed by atoms with van der Waals surface area (Å²) in [5, 5.41) is 0. The van der Waals surface area contributed by atoms with Crippen molar-refractivity contribution in [2.24, 2.45) is 0 Å². The first kappa shape index (κ1) is 47.8. The van der Waals surface area contributed by atoms with Crippen LogP contribution in [-0.4, -0.2) is 70.0 Å². The molecule has 0 bridgehead atoms. The number of quaternary nitrogens is 1. The Bertz CT molecular complexity index is 860. The van der Waals surface area contributed by atoms with Crippen molar-refractivity contribution in [3.8, 4) is 0 Å². The van der Waals surface area contributed by atoms with Crippen LogP contribution in [0.1, 0.15) is 174 Å². The summed E-state index contributed by atoms with van der Waals surface area (Å²) in [6, 6.07) is 0. The quantitative estimate of drug-likeness (QED) is 0.0207. The van der Waals surface area contributed by atoms with E-state index in [4.69, 9.17) is 18.5 Å². The first-order valence-electron chi connectivity index (χ1n) is 19.9. The first-order valence-corrected chi connectivity index (χ1v) is 21.4. The highest BCUT2D eigenvalue weighted by atomic mass is 31.2. The third-order valence-corrected chi connectivity index (χ3v) is 9.50. The van der Waals surface area contributed by atoms with Gasteiger partial charge in [-0.05, 0) is 32.1 Å². The third kappa shape index (κ3) is 36.3. The summed E-state index contributed by atoms with van der Waals surface area (Å²) >= 11 is 0. The van der Waals surface area contributed by atoms with Crippen molar-refractivity contribution < 1.29 is 42.1 Å². The minimum Gasteiger partial charge on any atom is -0.756 e. The van der Waals surface area contributed by atoms with Gasteiger partial charge in [-0.25, -0.2) is 0 Å². The van der Waals surface area contributed by atoms with Crippen LogP contribution in [0.5, 0.6) is 0 Å². The molecular formula is C39H76NO8P. The van der Waals surface area contributed by atoms with Crippen LogP contribution in [0, 0.1) is 0 Å². The van der Waals surface area contributed by atoms with Gasteiger partial charge in [0.2, 0.25) is 0 Å². The van der Waals surface area contributed by atoms with Gasteiger partial charge in [0, 0.05) is 12.8 Å². The Morgan fingerprint density at radius 1 is 0.612 bits per heavy atom. The fourth-order valence-electron chi connectivity index (χ4n) is 5.34. The fraction of sp³-hybridized carbons (Fsp3) is 0.897. The highest BCUT2D eigenvalue weighted by molar-refractivity contribution is 7.45. The number of likely N-dealkylation sites (N-methyl/N-ethyl adjacent to an activating group) is 1. The number of unbranched alkanes of at least 4 members (excludes halogenated alkanes) is 20. The maximum absolute atomic E-state index is 12.6. The first-order chi connectivity index (χ1) is 23.5. The lowest BCUT2D eigenvalue weighted by Gasteiger charge is -2.28. The van der Waals surface area contributed by atoms with Gasteiger partial charge in [-0.3, -0.25) is 14.2 Å². The van der Waals surface area contributed by atoms with Gasteiger partial charge >= 0.3 is 11.9 Å². The predicted octanol–water partition coefficient (Wildman–Crippen LogP) is 10.00. The Morgan fingerprint density at radius 3 is 1.57 bits per heavy atom. The summed E-state index contributed by atoms with van der Waals surface area (Å²) in [6.07, 6.45) is 30.9. The molecule has 0 saturated heterocycles. The van der Waals surface area contributed by atoms with Crippen molar-refractivity contribution in [2.75, 3.05) is 47.5 Å². The molecule has 0 aliphatic heterocycles. The van der Waals surface area contributed by atoms with E-state index >= 15 is 0 Å². The van der Waals surface area contributed by atoms with E-state index in [-0.39, 0.29) is 32.0 Å². The Balaban J connectivity index is 4.39. The molecule has 9 nitrogen and oxygen atoms in total. The van der Waals surface area contributed by atoms with Crippen molar-refractivity contribution in [3.05, 3.63) is 12.2 Å². The van der Waals surface area contributed by atoms with Crippen LogP contribution in [0.3, 0.4) is 0 Å². The summed E-state index contributed by atoms with van der Waals surface area (Å²) in [5.41, 5.74) is 0. The highest BCUT2D eigenvalue weighted by Gasteiger charge is 2.21. The molecule has 0 aromatic rings. The maximum Gasteiger partial charge on any atom is 0.306 e. The number of hydrogen-bond donors (Lipinski definition) is 0.